The van der Waals surface area contributed by atoms with E-state index in [-0.39, 0.29) is 24.0 Å². The average molecular weight is 201 g/mol. The third-order valence-electron chi connectivity index (χ3n) is 2.29. The number of carbonyl (C=O) groups is 1. The summed E-state index contributed by atoms with van der Waals surface area (Å²) in [6.45, 7) is 8.01. The molecule has 1 saturated heterocycles. The number of aliphatic hydroxyl groups is 1. The highest BCUT2D eigenvalue weighted by molar-refractivity contribution is 5.77. The van der Waals surface area contributed by atoms with Gasteiger partial charge in [-0.3, -0.25) is 9.63 Å². The molecule has 82 valence electrons. The van der Waals surface area contributed by atoms with E-state index in [2.05, 4.69) is 0 Å². The van der Waals surface area contributed by atoms with E-state index in [4.69, 9.17) is 9.94 Å². The summed E-state index contributed by atoms with van der Waals surface area (Å²) in [4.78, 5) is 16.9. The van der Waals surface area contributed by atoms with Gasteiger partial charge in [0.2, 0.25) is 5.91 Å². The number of carbonyl (C=O) groups excluding carboxylic acids is 1. The fourth-order valence-electron chi connectivity index (χ4n) is 1.36. The van der Waals surface area contributed by atoms with E-state index in [9.17, 15) is 4.79 Å². The molecule has 0 bridgehead atoms. The third kappa shape index (κ3) is 2.69. The van der Waals surface area contributed by atoms with Crippen molar-refractivity contribution in [3.05, 3.63) is 0 Å². The molecule has 0 radical (unpaired) electrons. The molecule has 1 N–H and O–H groups in total. The Hall–Kier alpha value is -0.610. The van der Waals surface area contributed by atoms with Gasteiger partial charge in [0.25, 0.3) is 0 Å². The Morgan fingerprint density at radius 3 is 2.57 bits per heavy atom. The molecule has 0 saturated carbocycles. The maximum absolute atomic E-state index is 11.5. The van der Waals surface area contributed by atoms with E-state index in [1.54, 1.807) is 6.92 Å². The van der Waals surface area contributed by atoms with Crippen molar-refractivity contribution in [3.8, 4) is 0 Å². The molecular weight excluding hydrogens is 182 g/mol. The van der Waals surface area contributed by atoms with Crippen molar-refractivity contribution < 1.29 is 14.7 Å². The van der Waals surface area contributed by atoms with Crippen LogP contribution in [0.5, 0.6) is 0 Å². The van der Waals surface area contributed by atoms with Crippen molar-refractivity contribution in [2.75, 3.05) is 6.54 Å². The van der Waals surface area contributed by atoms with Crippen molar-refractivity contribution in [1.29, 1.82) is 0 Å². The van der Waals surface area contributed by atoms with Gasteiger partial charge in [0.05, 0.1) is 25.2 Å². The van der Waals surface area contributed by atoms with Gasteiger partial charge in [-0.05, 0) is 12.3 Å². The highest BCUT2D eigenvalue weighted by Crippen LogP contribution is 2.30. The third-order valence-corrected chi connectivity index (χ3v) is 2.29. The van der Waals surface area contributed by atoms with Gasteiger partial charge >= 0.3 is 0 Å². The van der Waals surface area contributed by atoms with E-state index in [0.717, 1.165) is 0 Å². The Kier molecular flexibility index (Phi) is 3.17. The highest BCUT2D eigenvalue weighted by atomic mass is 16.7. The first-order valence-corrected chi connectivity index (χ1v) is 4.96. The summed E-state index contributed by atoms with van der Waals surface area (Å²) < 4.78 is 0. The minimum Gasteiger partial charge on any atom is -0.391 e. The SMILES string of the molecule is CC(O)CN1OC(C(C)(C)C)CC1=O. The summed E-state index contributed by atoms with van der Waals surface area (Å²) >= 11 is 0. The summed E-state index contributed by atoms with van der Waals surface area (Å²) in [5.74, 6) is -0.0363. The second kappa shape index (κ2) is 3.87. The molecule has 2 atom stereocenters. The lowest BCUT2D eigenvalue weighted by Gasteiger charge is -2.26. The minimum absolute atomic E-state index is 0.0363. The molecule has 0 aromatic heterocycles. The zero-order valence-electron chi connectivity index (χ0n) is 9.28. The van der Waals surface area contributed by atoms with Crippen molar-refractivity contribution in [3.63, 3.8) is 0 Å². The predicted molar refractivity (Wildman–Crippen MR) is 52.3 cm³/mol. The smallest absolute Gasteiger partial charge is 0.248 e. The average Bonchev–Trinajstić information content (AvgIpc) is 2.30. The highest BCUT2D eigenvalue weighted by Gasteiger charge is 2.38. The molecule has 2 unspecified atom stereocenters. The van der Waals surface area contributed by atoms with Crippen LogP contribution in [-0.4, -0.2) is 34.8 Å². The van der Waals surface area contributed by atoms with E-state index >= 15 is 0 Å². The van der Waals surface area contributed by atoms with Gasteiger partial charge in [-0.2, -0.15) is 0 Å². The Balaban J connectivity index is 2.56. The van der Waals surface area contributed by atoms with Crippen LogP contribution in [-0.2, 0) is 9.63 Å². The first-order chi connectivity index (χ1) is 6.30. The molecule has 1 aliphatic rings. The van der Waals surface area contributed by atoms with Crippen LogP contribution in [0, 0.1) is 5.41 Å². The zero-order chi connectivity index (χ0) is 10.9. The standard InChI is InChI=1S/C10H19NO3/c1-7(12)6-11-9(13)5-8(14-11)10(2,3)4/h7-8,12H,5-6H2,1-4H3. The number of hydroxylamine groups is 2. The lowest BCUT2D eigenvalue weighted by molar-refractivity contribution is -0.191. The molecule has 1 heterocycles. The van der Waals surface area contributed by atoms with E-state index in [1.165, 1.54) is 5.06 Å². The first-order valence-electron chi connectivity index (χ1n) is 4.96. The van der Waals surface area contributed by atoms with Crippen LogP contribution in [0.2, 0.25) is 0 Å². The zero-order valence-corrected chi connectivity index (χ0v) is 9.28. The molecule has 0 aliphatic carbocycles. The van der Waals surface area contributed by atoms with Crippen LogP contribution in [0.1, 0.15) is 34.1 Å². The molecule has 1 amide bonds. The van der Waals surface area contributed by atoms with E-state index < -0.39 is 6.10 Å². The van der Waals surface area contributed by atoms with Crippen molar-refractivity contribution in [1.82, 2.24) is 5.06 Å². The predicted octanol–water partition coefficient (Wildman–Crippen LogP) is 0.946. The van der Waals surface area contributed by atoms with Crippen molar-refractivity contribution in [2.45, 2.75) is 46.3 Å². The molecule has 0 aromatic rings. The molecule has 0 spiro atoms. The van der Waals surface area contributed by atoms with Gasteiger partial charge < -0.3 is 5.11 Å². The largest absolute Gasteiger partial charge is 0.391 e. The molecule has 14 heavy (non-hydrogen) atoms. The number of rotatable bonds is 2. The van der Waals surface area contributed by atoms with Gasteiger partial charge in [-0.25, -0.2) is 5.06 Å². The summed E-state index contributed by atoms with van der Waals surface area (Å²) in [6.07, 6.45) is -0.206. The monoisotopic (exact) mass is 201 g/mol. The van der Waals surface area contributed by atoms with Crippen LogP contribution in [0.25, 0.3) is 0 Å². The normalized spacial score (nSPS) is 25.6. The number of hydrogen-bond acceptors (Lipinski definition) is 3. The van der Waals surface area contributed by atoms with E-state index in [0.29, 0.717) is 6.42 Å². The lowest BCUT2D eigenvalue weighted by atomic mass is 9.87. The molecule has 1 aliphatic heterocycles. The van der Waals surface area contributed by atoms with Gasteiger partial charge in [0.15, 0.2) is 0 Å². The number of aliphatic hydroxyl groups excluding tert-OH is 1. The quantitative estimate of drug-likeness (QED) is 0.723. The lowest BCUT2D eigenvalue weighted by Crippen LogP contribution is -2.33. The Morgan fingerprint density at radius 1 is 1.64 bits per heavy atom. The van der Waals surface area contributed by atoms with Crippen LogP contribution in [0.15, 0.2) is 0 Å². The molecule has 1 fully saturated rings. The van der Waals surface area contributed by atoms with Crippen LogP contribution in [0.3, 0.4) is 0 Å². The summed E-state index contributed by atoms with van der Waals surface area (Å²) in [7, 11) is 0. The Morgan fingerprint density at radius 2 is 2.21 bits per heavy atom. The van der Waals surface area contributed by atoms with Gasteiger partial charge in [0.1, 0.15) is 0 Å². The fourth-order valence-corrected chi connectivity index (χ4v) is 1.36. The number of nitrogens with zero attached hydrogens (tertiary/aromatic N) is 1. The van der Waals surface area contributed by atoms with Gasteiger partial charge in [0, 0.05) is 0 Å². The van der Waals surface area contributed by atoms with Crippen LogP contribution < -0.4 is 0 Å². The Bertz CT molecular complexity index is 220. The maximum atomic E-state index is 11.5. The molecular formula is C10H19NO3. The van der Waals surface area contributed by atoms with Gasteiger partial charge in [-0.15, -0.1) is 0 Å². The molecule has 0 aromatic carbocycles. The summed E-state index contributed by atoms with van der Waals surface area (Å²) in [6, 6.07) is 0. The second-order valence-electron chi connectivity index (χ2n) is 4.97. The number of amides is 1. The Labute approximate surface area is 84.8 Å². The number of β-amino-alcohol motifs (C(OH)–C–C–N with tert-alkyl or cyclic N) is 1. The summed E-state index contributed by atoms with van der Waals surface area (Å²) in [5.41, 5.74) is -0.0386. The molecule has 1 rings (SSSR count). The van der Waals surface area contributed by atoms with Crippen LogP contribution in [0.4, 0.5) is 0 Å². The minimum atomic E-state index is -0.544. The van der Waals surface area contributed by atoms with Crippen molar-refractivity contribution >= 4 is 5.91 Å². The number of hydrogen-bond donors (Lipinski definition) is 1. The van der Waals surface area contributed by atoms with Crippen LogP contribution >= 0.6 is 0 Å². The van der Waals surface area contributed by atoms with E-state index in [1.807, 2.05) is 20.8 Å². The molecule has 4 nitrogen and oxygen atoms in total. The second-order valence-corrected chi connectivity index (χ2v) is 4.97. The topological polar surface area (TPSA) is 49.8 Å². The first kappa shape index (κ1) is 11.5. The summed E-state index contributed by atoms with van der Waals surface area (Å²) in [5, 5.41) is 10.4. The maximum Gasteiger partial charge on any atom is 0.248 e. The van der Waals surface area contributed by atoms with Crippen molar-refractivity contribution in [2.24, 2.45) is 5.41 Å². The fraction of sp³-hybridized carbons (Fsp3) is 0.900. The van der Waals surface area contributed by atoms with Gasteiger partial charge in [-0.1, -0.05) is 20.8 Å². The molecule has 4 heteroatoms.